The molecule has 7 heteroatoms. The van der Waals surface area contributed by atoms with Crippen molar-refractivity contribution in [1.29, 1.82) is 0 Å². The SMILES string of the molecule is O=C(NCc1ccc(N2C(=O)c3ccccc3C2=O)cc1)Nc1ccc(Br)cc1. The van der Waals surface area contributed by atoms with E-state index >= 15 is 0 Å². The number of benzene rings is 3. The molecule has 0 saturated heterocycles. The van der Waals surface area contributed by atoms with Crippen molar-refractivity contribution in [2.45, 2.75) is 6.54 Å². The molecule has 0 aliphatic carbocycles. The Kier molecular flexibility index (Phi) is 5.14. The van der Waals surface area contributed by atoms with Gasteiger partial charge in [-0.2, -0.15) is 0 Å². The number of urea groups is 1. The first-order valence-corrected chi connectivity index (χ1v) is 9.69. The number of imide groups is 1. The van der Waals surface area contributed by atoms with Crippen molar-refractivity contribution in [3.63, 3.8) is 0 Å². The van der Waals surface area contributed by atoms with Crippen molar-refractivity contribution in [3.8, 4) is 0 Å². The number of fused-ring (bicyclic) bond motifs is 1. The summed E-state index contributed by atoms with van der Waals surface area (Å²) in [6.45, 7) is 0.310. The highest BCUT2D eigenvalue weighted by Gasteiger charge is 2.36. The average molecular weight is 450 g/mol. The second-order valence-electron chi connectivity index (χ2n) is 6.47. The van der Waals surface area contributed by atoms with E-state index in [2.05, 4.69) is 26.6 Å². The zero-order chi connectivity index (χ0) is 20.4. The van der Waals surface area contributed by atoms with Gasteiger partial charge < -0.3 is 10.6 Å². The van der Waals surface area contributed by atoms with Gasteiger partial charge >= 0.3 is 6.03 Å². The summed E-state index contributed by atoms with van der Waals surface area (Å²) in [5.74, 6) is -0.657. The molecule has 0 fully saturated rings. The molecule has 1 aliphatic heterocycles. The van der Waals surface area contributed by atoms with Gasteiger partial charge in [0.15, 0.2) is 0 Å². The van der Waals surface area contributed by atoms with Gasteiger partial charge in [-0.1, -0.05) is 40.2 Å². The molecular formula is C22H16BrN3O3. The van der Waals surface area contributed by atoms with E-state index in [1.807, 2.05) is 12.1 Å². The molecule has 1 aliphatic rings. The summed E-state index contributed by atoms with van der Waals surface area (Å²) < 4.78 is 0.932. The number of carbonyl (C=O) groups excluding carboxylic acids is 3. The van der Waals surface area contributed by atoms with Crippen molar-refractivity contribution in [2.24, 2.45) is 0 Å². The van der Waals surface area contributed by atoms with Gasteiger partial charge in [-0.25, -0.2) is 9.69 Å². The Bertz CT molecular complexity index is 1060. The fraction of sp³-hybridized carbons (Fsp3) is 0.0455. The summed E-state index contributed by atoms with van der Waals surface area (Å²) >= 11 is 3.35. The fourth-order valence-electron chi connectivity index (χ4n) is 3.08. The fourth-order valence-corrected chi connectivity index (χ4v) is 3.34. The summed E-state index contributed by atoms with van der Waals surface area (Å²) in [6.07, 6.45) is 0. The van der Waals surface area contributed by atoms with Crippen molar-refractivity contribution < 1.29 is 14.4 Å². The van der Waals surface area contributed by atoms with E-state index < -0.39 is 0 Å². The molecule has 0 aromatic heterocycles. The summed E-state index contributed by atoms with van der Waals surface area (Å²) in [7, 11) is 0. The lowest BCUT2D eigenvalue weighted by Gasteiger charge is -2.14. The van der Waals surface area contributed by atoms with Gasteiger partial charge in [-0.05, 0) is 54.1 Å². The number of nitrogens with zero attached hydrogens (tertiary/aromatic N) is 1. The Morgan fingerprint density at radius 1 is 0.828 bits per heavy atom. The third-order valence-corrected chi connectivity index (χ3v) is 5.07. The Morgan fingerprint density at radius 3 is 2.00 bits per heavy atom. The predicted molar refractivity (Wildman–Crippen MR) is 114 cm³/mol. The minimum absolute atomic E-state index is 0.310. The number of hydrogen-bond acceptors (Lipinski definition) is 3. The van der Waals surface area contributed by atoms with Crippen molar-refractivity contribution in [2.75, 3.05) is 10.2 Å². The topological polar surface area (TPSA) is 78.5 Å². The van der Waals surface area contributed by atoms with Crippen LogP contribution in [0.15, 0.2) is 77.3 Å². The molecular weight excluding hydrogens is 434 g/mol. The molecule has 0 unspecified atom stereocenters. The highest BCUT2D eigenvalue weighted by molar-refractivity contribution is 9.10. The molecule has 29 heavy (non-hydrogen) atoms. The Morgan fingerprint density at radius 2 is 1.41 bits per heavy atom. The van der Waals surface area contributed by atoms with Crippen LogP contribution < -0.4 is 15.5 Å². The largest absolute Gasteiger partial charge is 0.334 e. The Labute approximate surface area is 175 Å². The number of hydrogen-bond donors (Lipinski definition) is 2. The number of halogens is 1. The number of anilines is 2. The minimum atomic E-state index is -0.328. The Hall–Kier alpha value is -3.45. The highest BCUT2D eigenvalue weighted by atomic mass is 79.9. The molecule has 0 atom stereocenters. The van der Waals surface area contributed by atoms with Crippen LogP contribution in [0.3, 0.4) is 0 Å². The normalized spacial score (nSPS) is 12.7. The molecule has 0 radical (unpaired) electrons. The van der Waals surface area contributed by atoms with E-state index in [0.717, 1.165) is 10.0 Å². The summed E-state index contributed by atoms with van der Waals surface area (Å²) in [5, 5.41) is 5.52. The van der Waals surface area contributed by atoms with E-state index in [1.165, 1.54) is 4.90 Å². The van der Waals surface area contributed by atoms with Gasteiger partial charge in [0, 0.05) is 16.7 Å². The molecule has 4 amide bonds. The lowest BCUT2D eigenvalue weighted by atomic mass is 10.1. The molecule has 144 valence electrons. The molecule has 3 aromatic rings. The zero-order valence-electron chi connectivity index (χ0n) is 15.2. The van der Waals surface area contributed by atoms with Crippen LogP contribution in [0.1, 0.15) is 26.3 Å². The number of carbonyl (C=O) groups is 3. The predicted octanol–water partition coefficient (Wildman–Crippen LogP) is 4.57. The second kappa shape index (κ2) is 7.89. The van der Waals surface area contributed by atoms with Crippen LogP contribution in [0.5, 0.6) is 0 Å². The second-order valence-corrected chi connectivity index (χ2v) is 7.39. The van der Waals surface area contributed by atoms with Crippen molar-refractivity contribution in [1.82, 2.24) is 5.32 Å². The van der Waals surface area contributed by atoms with Crippen LogP contribution in [-0.4, -0.2) is 17.8 Å². The molecule has 1 heterocycles. The first-order chi connectivity index (χ1) is 14.0. The van der Waals surface area contributed by atoms with Crippen LogP contribution >= 0.6 is 15.9 Å². The summed E-state index contributed by atoms with van der Waals surface area (Å²) in [6, 6.07) is 20.7. The van der Waals surface area contributed by atoms with Crippen molar-refractivity contribution in [3.05, 3.63) is 94.0 Å². The maximum atomic E-state index is 12.5. The maximum Gasteiger partial charge on any atom is 0.319 e. The van der Waals surface area contributed by atoms with E-state index in [4.69, 9.17) is 0 Å². The molecule has 0 spiro atoms. The molecule has 2 N–H and O–H groups in total. The van der Waals surface area contributed by atoms with Gasteiger partial charge in [0.25, 0.3) is 11.8 Å². The van der Waals surface area contributed by atoms with Gasteiger partial charge in [-0.15, -0.1) is 0 Å². The maximum absolute atomic E-state index is 12.5. The zero-order valence-corrected chi connectivity index (χ0v) is 16.8. The van der Waals surface area contributed by atoms with E-state index in [0.29, 0.717) is 29.0 Å². The number of rotatable bonds is 4. The average Bonchev–Trinajstić information content (AvgIpc) is 2.99. The lowest BCUT2D eigenvalue weighted by Crippen LogP contribution is -2.29. The first-order valence-electron chi connectivity index (χ1n) is 8.90. The quantitative estimate of drug-likeness (QED) is 0.572. The van der Waals surface area contributed by atoms with E-state index in [1.54, 1.807) is 60.7 Å². The van der Waals surface area contributed by atoms with Gasteiger partial charge in [0.05, 0.1) is 16.8 Å². The highest BCUT2D eigenvalue weighted by Crippen LogP contribution is 2.28. The standard InChI is InChI=1S/C22H16BrN3O3/c23-15-7-9-16(10-8-15)25-22(29)24-13-14-5-11-17(12-6-14)26-20(27)18-3-1-2-4-19(18)21(26)28/h1-12H,13H2,(H2,24,25,29). The van der Waals surface area contributed by atoms with E-state index in [9.17, 15) is 14.4 Å². The molecule has 4 rings (SSSR count). The monoisotopic (exact) mass is 449 g/mol. The van der Waals surface area contributed by atoms with Gasteiger partial charge in [-0.3, -0.25) is 9.59 Å². The molecule has 0 saturated carbocycles. The van der Waals surface area contributed by atoms with Crippen LogP contribution in [0, 0.1) is 0 Å². The molecule has 3 aromatic carbocycles. The van der Waals surface area contributed by atoms with Crippen LogP contribution in [-0.2, 0) is 6.54 Å². The van der Waals surface area contributed by atoms with Crippen LogP contribution in [0.2, 0.25) is 0 Å². The molecule has 0 bridgehead atoms. The summed E-state index contributed by atoms with van der Waals surface area (Å²) in [4.78, 5) is 38.3. The van der Waals surface area contributed by atoms with Gasteiger partial charge in [0.2, 0.25) is 0 Å². The minimum Gasteiger partial charge on any atom is -0.334 e. The van der Waals surface area contributed by atoms with Crippen LogP contribution in [0.25, 0.3) is 0 Å². The van der Waals surface area contributed by atoms with Crippen molar-refractivity contribution >= 4 is 45.2 Å². The number of nitrogens with one attached hydrogen (secondary N) is 2. The van der Waals surface area contributed by atoms with Gasteiger partial charge in [0.1, 0.15) is 0 Å². The van der Waals surface area contributed by atoms with E-state index in [-0.39, 0.29) is 17.8 Å². The smallest absolute Gasteiger partial charge is 0.319 e. The lowest BCUT2D eigenvalue weighted by molar-refractivity contribution is 0.0926. The summed E-state index contributed by atoms with van der Waals surface area (Å²) in [5.41, 5.74) is 2.85. The first kappa shape index (κ1) is 18.9. The Balaban J connectivity index is 1.38. The number of amides is 4. The third kappa shape index (κ3) is 3.90. The third-order valence-electron chi connectivity index (χ3n) is 4.54. The van der Waals surface area contributed by atoms with Crippen LogP contribution in [0.4, 0.5) is 16.2 Å². The molecule has 6 nitrogen and oxygen atoms in total.